The molecule has 0 aromatic carbocycles. The first-order chi connectivity index (χ1) is 9.35. The van der Waals surface area contributed by atoms with Gasteiger partial charge in [-0.15, -0.1) is 0 Å². The summed E-state index contributed by atoms with van der Waals surface area (Å²) in [7, 11) is 0. The van der Waals surface area contributed by atoms with Gasteiger partial charge in [-0.2, -0.15) is 0 Å². The van der Waals surface area contributed by atoms with Gasteiger partial charge >= 0.3 is 12.3 Å². The van der Waals surface area contributed by atoms with Gasteiger partial charge in [0.15, 0.2) is 0 Å². The Morgan fingerprint density at radius 3 is 2.05 bits per heavy atom. The Kier molecular flexibility index (Phi) is 6.73. The number of rotatable bonds is 5. The minimum absolute atomic E-state index is 0.480. The van der Waals surface area contributed by atoms with Gasteiger partial charge in [-0.1, -0.05) is 0 Å². The highest BCUT2D eigenvalue weighted by Crippen LogP contribution is 2.14. The number of nitrogens with one attached hydrogen (secondary N) is 2. The first-order valence-electron chi connectivity index (χ1n) is 6.76. The smallest absolute Gasteiger partial charge is 0.408 e. The molecular weight excluding hydrogens is 274 g/mol. The van der Waals surface area contributed by atoms with Gasteiger partial charge in [-0.3, -0.25) is 4.79 Å². The van der Waals surface area contributed by atoms with E-state index in [1.54, 1.807) is 27.7 Å². The summed E-state index contributed by atoms with van der Waals surface area (Å²) >= 11 is 0. The Labute approximate surface area is 125 Å². The number of nitrogens with zero attached hydrogens (tertiary/aromatic N) is 1. The number of carbonyl (C=O) groups is 2. The molecule has 0 radical (unpaired) electrons. The third kappa shape index (κ3) is 8.94. The summed E-state index contributed by atoms with van der Waals surface area (Å²) in [5.41, 5.74) is 5.59. The van der Waals surface area contributed by atoms with Crippen LogP contribution in [0.2, 0.25) is 0 Å². The van der Waals surface area contributed by atoms with Crippen LogP contribution in [0.15, 0.2) is 0 Å². The number of hydrogen-bond donors (Lipinski definition) is 2. The van der Waals surface area contributed by atoms with Crippen LogP contribution in [0.25, 0.3) is 0 Å². The van der Waals surface area contributed by atoms with Gasteiger partial charge in [0, 0.05) is 0 Å². The molecule has 0 fully saturated rings. The molecular formula is C14H26N3O4+. The lowest BCUT2D eigenvalue weighted by Gasteiger charge is -2.30. The molecule has 0 bridgehead atoms. The molecule has 21 heavy (non-hydrogen) atoms. The molecule has 2 atom stereocenters. The van der Waals surface area contributed by atoms with Crippen molar-refractivity contribution in [3.05, 3.63) is 0 Å². The first kappa shape index (κ1) is 19.3. The minimum Gasteiger partial charge on any atom is -0.444 e. The highest BCUT2D eigenvalue weighted by atomic mass is 16.6. The molecule has 120 valence electrons. The molecule has 0 aliphatic heterocycles. The maximum Gasteiger partial charge on any atom is 0.408 e. The predicted octanol–water partition coefficient (Wildman–Crippen LogP) is 1.96. The zero-order chi connectivity index (χ0) is 16.8. The second-order valence-electron chi connectivity index (χ2n) is 6.72. The van der Waals surface area contributed by atoms with E-state index in [1.807, 2.05) is 20.8 Å². The molecule has 0 aromatic heterocycles. The van der Waals surface area contributed by atoms with Crippen LogP contribution in [0.1, 0.15) is 48.5 Å². The summed E-state index contributed by atoms with van der Waals surface area (Å²) in [5.74, 6) is -0.521. The molecule has 0 unspecified atom stereocenters. The fourth-order valence-electron chi connectivity index (χ4n) is 1.62. The lowest BCUT2D eigenvalue weighted by atomic mass is 10.1. The van der Waals surface area contributed by atoms with Crippen molar-refractivity contribution < 1.29 is 23.9 Å². The normalized spacial score (nSPS) is 14.6. The van der Waals surface area contributed by atoms with Crippen molar-refractivity contribution in [2.45, 2.75) is 71.8 Å². The maximum atomic E-state index is 12.0. The van der Waals surface area contributed by atoms with Gasteiger partial charge in [-0.25, -0.2) is 4.79 Å². The van der Waals surface area contributed by atoms with E-state index in [1.165, 1.54) is 0 Å². The topological polar surface area (TPSA) is 103 Å². The van der Waals surface area contributed by atoms with Crippen LogP contribution in [0.4, 0.5) is 4.79 Å². The Hall–Kier alpha value is -1.72. The van der Waals surface area contributed by atoms with E-state index in [0.717, 1.165) is 6.21 Å². The summed E-state index contributed by atoms with van der Waals surface area (Å²) in [6, 6.07) is -0.965. The van der Waals surface area contributed by atoms with Crippen LogP contribution in [0.3, 0.4) is 0 Å². The zero-order valence-corrected chi connectivity index (χ0v) is 13.8. The van der Waals surface area contributed by atoms with Gasteiger partial charge in [0.25, 0.3) is 5.78 Å². The van der Waals surface area contributed by atoms with Crippen molar-refractivity contribution >= 4 is 18.1 Å². The highest BCUT2D eigenvalue weighted by Gasteiger charge is 2.33. The molecule has 0 saturated carbocycles. The van der Waals surface area contributed by atoms with Gasteiger partial charge < -0.3 is 14.8 Å². The first-order valence-corrected chi connectivity index (χ1v) is 6.76. The van der Waals surface area contributed by atoms with E-state index >= 15 is 0 Å². The Morgan fingerprint density at radius 2 is 1.67 bits per heavy atom. The van der Waals surface area contributed by atoms with Crippen LogP contribution >= 0.6 is 0 Å². The SMILES string of the molecule is C[C@H](OC(C)(C)C)[C@H](NC(=O)OC(C)(C)C)C(=O)C=[N+]=N. The number of ketones is 1. The number of hydrogen-bond acceptors (Lipinski definition) is 5. The van der Waals surface area contributed by atoms with Crippen molar-refractivity contribution in [1.29, 1.82) is 5.53 Å². The van der Waals surface area contributed by atoms with Gasteiger partial charge in [0.05, 0.1) is 22.0 Å². The van der Waals surface area contributed by atoms with Gasteiger partial charge in [-0.05, 0) is 48.5 Å². The van der Waals surface area contributed by atoms with Crippen molar-refractivity contribution in [1.82, 2.24) is 5.32 Å². The standard InChI is InChI=1S/C14H25N3O4/c1-9(20-13(2,3)4)11(10(18)8-16-15)17-12(19)21-14(5,6)7/h8-9,11,15H,1-7H3/p+1/t9-,11-/m0/s1. The number of ether oxygens (including phenoxy) is 2. The molecule has 7 nitrogen and oxygen atoms in total. The lowest BCUT2D eigenvalue weighted by Crippen LogP contribution is -2.52. The molecule has 0 heterocycles. The van der Waals surface area contributed by atoms with Crippen molar-refractivity contribution in [3.63, 3.8) is 0 Å². The summed E-state index contributed by atoms with van der Waals surface area (Å²) in [5, 5.41) is 2.47. The van der Waals surface area contributed by atoms with E-state index in [9.17, 15) is 9.59 Å². The summed E-state index contributed by atoms with van der Waals surface area (Å²) in [6.45, 7) is 12.4. The second kappa shape index (κ2) is 7.33. The van der Waals surface area contributed by atoms with E-state index in [-0.39, 0.29) is 0 Å². The highest BCUT2D eigenvalue weighted by molar-refractivity contribution is 6.28. The van der Waals surface area contributed by atoms with Gasteiger partial charge in [0.1, 0.15) is 11.6 Å². The molecule has 0 aromatic rings. The van der Waals surface area contributed by atoms with Crippen molar-refractivity contribution in [3.8, 4) is 0 Å². The van der Waals surface area contributed by atoms with Crippen LogP contribution in [-0.4, -0.2) is 46.2 Å². The molecule has 0 rings (SSSR count). The molecule has 0 aliphatic rings. The molecule has 1 amide bonds. The van der Waals surface area contributed by atoms with E-state index in [2.05, 4.69) is 10.1 Å². The number of amides is 1. The summed E-state index contributed by atoms with van der Waals surface area (Å²) in [6.07, 6.45) is -0.475. The Balaban J connectivity index is 5.03. The number of carbonyl (C=O) groups excluding carboxylic acids is 2. The van der Waals surface area contributed by atoms with Crippen LogP contribution in [0, 0.1) is 5.53 Å². The van der Waals surface area contributed by atoms with Crippen molar-refractivity contribution in [2.24, 2.45) is 0 Å². The third-order valence-corrected chi connectivity index (χ3v) is 2.18. The fourth-order valence-corrected chi connectivity index (χ4v) is 1.62. The predicted molar refractivity (Wildman–Crippen MR) is 77.5 cm³/mol. The molecule has 0 aliphatic carbocycles. The minimum atomic E-state index is -0.965. The average molecular weight is 300 g/mol. The van der Waals surface area contributed by atoms with Crippen LogP contribution < -0.4 is 5.32 Å². The molecule has 2 N–H and O–H groups in total. The second-order valence-corrected chi connectivity index (χ2v) is 6.72. The molecule has 7 heteroatoms. The maximum absolute atomic E-state index is 12.0. The quantitative estimate of drug-likeness (QED) is 0.460. The van der Waals surface area contributed by atoms with Crippen molar-refractivity contribution in [2.75, 3.05) is 0 Å². The fraction of sp³-hybridized carbons (Fsp3) is 0.786. The Bertz CT molecular complexity index is 428. The average Bonchev–Trinajstić information content (AvgIpc) is 2.20. The monoisotopic (exact) mass is 300 g/mol. The molecule has 0 saturated heterocycles. The zero-order valence-electron chi connectivity index (χ0n) is 13.8. The Morgan fingerprint density at radius 1 is 1.14 bits per heavy atom. The van der Waals surface area contributed by atoms with Crippen LogP contribution in [0.5, 0.6) is 0 Å². The van der Waals surface area contributed by atoms with E-state index in [0.29, 0.717) is 0 Å². The summed E-state index contributed by atoms with van der Waals surface area (Å²) < 4.78 is 10.8. The van der Waals surface area contributed by atoms with E-state index in [4.69, 9.17) is 15.0 Å². The number of alkyl carbamates (subject to hydrolysis) is 1. The van der Waals surface area contributed by atoms with E-state index < -0.39 is 35.2 Å². The van der Waals surface area contributed by atoms with Gasteiger partial charge in [0.2, 0.25) is 0 Å². The van der Waals surface area contributed by atoms with Crippen LogP contribution in [-0.2, 0) is 14.3 Å². The summed E-state index contributed by atoms with van der Waals surface area (Å²) in [4.78, 5) is 26.7. The lowest BCUT2D eigenvalue weighted by molar-refractivity contribution is -0.137. The third-order valence-electron chi connectivity index (χ3n) is 2.18. The largest absolute Gasteiger partial charge is 0.444 e. The molecule has 0 spiro atoms. The number of Topliss-reactive ketones (excluding diaryl/α,β-unsaturated/α-hetero) is 1.